The molecule has 0 spiro atoms. The average molecular weight is 342 g/mol. The van der Waals surface area contributed by atoms with Gasteiger partial charge in [-0.1, -0.05) is 20.8 Å². The number of hydrogen-bond acceptors (Lipinski definition) is 4. The summed E-state index contributed by atoms with van der Waals surface area (Å²) in [5.74, 6) is 0. The molecule has 0 radical (unpaired) electrons. The Balaban J connectivity index is 0.00000192. The second-order valence-electron chi connectivity index (χ2n) is 7.89. The van der Waals surface area contributed by atoms with E-state index < -0.39 is 0 Å². The van der Waals surface area contributed by atoms with E-state index in [2.05, 4.69) is 42.1 Å². The van der Waals surface area contributed by atoms with E-state index in [1.165, 1.54) is 56.9 Å². The van der Waals surface area contributed by atoms with Gasteiger partial charge in [0.2, 0.25) is 0 Å². The lowest BCUT2D eigenvalue weighted by Gasteiger charge is -2.38. The summed E-state index contributed by atoms with van der Waals surface area (Å²) >= 11 is 0. The standard InChI is InChI=1S/C17H31N5.ClH/c1-17(2,3)16-14(12-20(4)19-16)13-21-7-9-22(10-8-21)15-5-6-18-11-15;/h12,15,18H,5-11,13H2,1-4H3;1H. The van der Waals surface area contributed by atoms with Gasteiger partial charge in [0.1, 0.15) is 0 Å². The highest BCUT2D eigenvalue weighted by Gasteiger charge is 2.28. The Labute approximate surface area is 146 Å². The van der Waals surface area contributed by atoms with Crippen molar-refractivity contribution in [2.45, 2.75) is 45.2 Å². The summed E-state index contributed by atoms with van der Waals surface area (Å²) in [6, 6.07) is 0.769. The Morgan fingerprint density at radius 2 is 1.91 bits per heavy atom. The van der Waals surface area contributed by atoms with Gasteiger partial charge in [-0.05, 0) is 13.0 Å². The van der Waals surface area contributed by atoms with E-state index in [1.807, 2.05) is 11.7 Å². The van der Waals surface area contributed by atoms with Gasteiger partial charge in [-0.25, -0.2) is 0 Å². The molecule has 23 heavy (non-hydrogen) atoms. The van der Waals surface area contributed by atoms with Crippen LogP contribution in [0.25, 0.3) is 0 Å². The Morgan fingerprint density at radius 3 is 2.48 bits per heavy atom. The molecular formula is C17H32ClN5. The maximum Gasteiger partial charge on any atom is 0.0722 e. The van der Waals surface area contributed by atoms with Crippen LogP contribution in [0.15, 0.2) is 6.20 Å². The third-order valence-corrected chi connectivity index (χ3v) is 4.97. The van der Waals surface area contributed by atoms with Crippen LogP contribution in [-0.2, 0) is 19.0 Å². The molecule has 0 amide bonds. The summed E-state index contributed by atoms with van der Waals surface area (Å²) in [4.78, 5) is 5.26. The monoisotopic (exact) mass is 341 g/mol. The van der Waals surface area contributed by atoms with Gasteiger partial charge in [-0.15, -0.1) is 12.4 Å². The molecule has 2 aliphatic heterocycles. The summed E-state index contributed by atoms with van der Waals surface area (Å²) in [7, 11) is 2.03. The van der Waals surface area contributed by atoms with Crippen LogP contribution in [0.5, 0.6) is 0 Å². The lowest BCUT2D eigenvalue weighted by atomic mass is 9.89. The smallest absolute Gasteiger partial charge is 0.0722 e. The first kappa shape index (κ1) is 18.7. The predicted molar refractivity (Wildman–Crippen MR) is 97.3 cm³/mol. The third kappa shape index (κ3) is 4.47. The zero-order valence-electron chi connectivity index (χ0n) is 15.0. The maximum atomic E-state index is 4.70. The second kappa shape index (κ2) is 7.51. The van der Waals surface area contributed by atoms with E-state index >= 15 is 0 Å². The number of aromatic nitrogens is 2. The Morgan fingerprint density at radius 1 is 1.22 bits per heavy atom. The van der Waals surface area contributed by atoms with Crippen molar-refractivity contribution in [2.75, 3.05) is 39.3 Å². The minimum Gasteiger partial charge on any atom is -0.315 e. The van der Waals surface area contributed by atoms with Crippen LogP contribution in [0.1, 0.15) is 38.4 Å². The van der Waals surface area contributed by atoms with Gasteiger partial charge >= 0.3 is 0 Å². The van der Waals surface area contributed by atoms with E-state index in [0.29, 0.717) is 0 Å². The lowest BCUT2D eigenvalue weighted by Crippen LogP contribution is -2.50. The molecule has 132 valence electrons. The first-order valence-electron chi connectivity index (χ1n) is 8.63. The van der Waals surface area contributed by atoms with Crippen molar-refractivity contribution >= 4 is 12.4 Å². The molecule has 1 aromatic rings. The highest BCUT2D eigenvalue weighted by Crippen LogP contribution is 2.25. The molecule has 6 heteroatoms. The number of hydrogen-bond donors (Lipinski definition) is 1. The molecule has 1 unspecified atom stereocenters. The van der Waals surface area contributed by atoms with Crippen molar-refractivity contribution in [2.24, 2.45) is 7.05 Å². The Hall–Kier alpha value is -0.620. The van der Waals surface area contributed by atoms with Gasteiger partial charge < -0.3 is 5.32 Å². The zero-order chi connectivity index (χ0) is 15.7. The molecule has 1 atom stereocenters. The quantitative estimate of drug-likeness (QED) is 0.906. The van der Waals surface area contributed by atoms with Gasteiger partial charge in [0.25, 0.3) is 0 Å². The highest BCUT2D eigenvalue weighted by molar-refractivity contribution is 5.85. The molecular weight excluding hydrogens is 310 g/mol. The summed E-state index contributed by atoms with van der Waals surface area (Å²) < 4.78 is 1.97. The summed E-state index contributed by atoms with van der Waals surface area (Å²) in [5, 5.41) is 8.18. The van der Waals surface area contributed by atoms with Crippen LogP contribution in [0, 0.1) is 0 Å². The molecule has 1 N–H and O–H groups in total. The van der Waals surface area contributed by atoms with Crippen molar-refractivity contribution in [3.8, 4) is 0 Å². The molecule has 2 aliphatic rings. The minimum absolute atomic E-state index is 0. The molecule has 0 bridgehead atoms. The van der Waals surface area contributed by atoms with Crippen molar-refractivity contribution in [3.63, 3.8) is 0 Å². The van der Waals surface area contributed by atoms with Gasteiger partial charge in [0.15, 0.2) is 0 Å². The third-order valence-electron chi connectivity index (χ3n) is 4.97. The van der Waals surface area contributed by atoms with E-state index in [0.717, 1.165) is 12.6 Å². The van der Waals surface area contributed by atoms with Gasteiger partial charge in [0.05, 0.1) is 5.69 Å². The fraction of sp³-hybridized carbons (Fsp3) is 0.824. The van der Waals surface area contributed by atoms with Crippen LogP contribution in [0.2, 0.25) is 0 Å². The fourth-order valence-electron chi connectivity index (χ4n) is 3.76. The number of nitrogens with zero attached hydrogens (tertiary/aromatic N) is 4. The average Bonchev–Trinajstić information content (AvgIpc) is 3.09. The number of aryl methyl sites for hydroxylation is 1. The Kier molecular flexibility index (Phi) is 6.11. The lowest BCUT2D eigenvalue weighted by molar-refractivity contribution is 0.0978. The second-order valence-corrected chi connectivity index (χ2v) is 7.89. The van der Waals surface area contributed by atoms with Crippen LogP contribution in [0.4, 0.5) is 0 Å². The Bertz CT molecular complexity index is 494. The molecule has 2 fully saturated rings. The van der Waals surface area contributed by atoms with Crippen molar-refractivity contribution in [3.05, 3.63) is 17.5 Å². The summed E-state index contributed by atoms with van der Waals surface area (Å²) in [6.45, 7) is 14.9. The molecule has 0 aliphatic carbocycles. The van der Waals surface area contributed by atoms with Crippen LogP contribution >= 0.6 is 12.4 Å². The highest BCUT2D eigenvalue weighted by atomic mass is 35.5. The van der Waals surface area contributed by atoms with Gasteiger partial charge in [0, 0.05) is 69.5 Å². The molecule has 3 rings (SSSR count). The predicted octanol–water partition coefficient (Wildman–Crippen LogP) is 1.62. The molecule has 3 heterocycles. The van der Waals surface area contributed by atoms with Gasteiger partial charge in [-0.2, -0.15) is 5.10 Å². The first-order valence-corrected chi connectivity index (χ1v) is 8.63. The van der Waals surface area contributed by atoms with Crippen molar-refractivity contribution < 1.29 is 0 Å². The van der Waals surface area contributed by atoms with E-state index in [-0.39, 0.29) is 17.8 Å². The molecule has 1 aromatic heterocycles. The van der Waals surface area contributed by atoms with Crippen molar-refractivity contribution in [1.82, 2.24) is 24.9 Å². The van der Waals surface area contributed by atoms with Gasteiger partial charge in [-0.3, -0.25) is 14.5 Å². The van der Waals surface area contributed by atoms with Crippen LogP contribution < -0.4 is 5.32 Å². The summed E-state index contributed by atoms with van der Waals surface area (Å²) in [6.07, 6.45) is 3.52. The summed E-state index contributed by atoms with van der Waals surface area (Å²) in [5.41, 5.74) is 2.76. The van der Waals surface area contributed by atoms with E-state index in [9.17, 15) is 0 Å². The first-order chi connectivity index (χ1) is 10.4. The SMILES string of the molecule is Cl.Cn1cc(CN2CCN(C3CCNC3)CC2)c(C(C)(C)C)n1. The maximum absolute atomic E-state index is 4.70. The number of piperazine rings is 1. The van der Waals surface area contributed by atoms with Crippen molar-refractivity contribution in [1.29, 1.82) is 0 Å². The van der Waals surface area contributed by atoms with Crippen LogP contribution in [-0.4, -0.2) is 64.9 Å². The minimum atomic E-state index is 0. The number of halogens is 1. The molecule has 0 saturated carbocycles. The topological polar surface area (TPSA) is 36.3 Å². The number of rotatable bonds is 3. The normalized spacial score (nSPS) is 23.9. The zero-order valence-corrected chi connectivity index (χ0v) is 15.8. The number of nitrogens with one attached hydrogen (secondary N) is 1. The van der Waals surface area contributed by atoms with Crippen LogP contribution in [0.3, 0.4) is 0 Å². The molecule has 2 saturated heterocycles. The van der Waals surface area contributed by atoms with E-state index in [1.54, 1.807) is 0 Å². The van der Waals surface area contributed by atoms with E-state index in [4.69, 9.17) is 5.10 Å². The largest absolute Gasteiger partial charge is 0.315 e. The fourth-order valence-corrected chi connectivity index (χ4v) is 3.76. The molecule has 0 aromatic carbocycles. The molecule has 5 nitrogen and oxygen atoms in total.